The van der Waals surface area contributed by atoms with E-state index in [2.05, 4.69) is 5.32 Å². The maximum absolute atomic E-state index is 14.0. The molecule has 0 saturated heterocycles. The highest BCUT2D eigenvalue weighted by Crippen LogP contribution is 2.52. The van der Waals surface area contributed by atoms with Crippen LogP contribution in [0.5, 0.6) is 0 Å². The Morgan fingerprint density at radius 2 is 1.79 bits per heavy atom. The van der Waals surface area contributed by atoms with E-state index in [4.69, 9.17) is 9.47 Å². The molecule has 3 atom stereocenters. The van der Waals surface area contributed by atoms with Gasteiger partial charge in [-0.2, -0.15) is 0 Å². The lowest BCUT2D eigenvalue weighted by Crippen LogP contribution is -2.46. The lowest BCUT2D eigenvalue weighted by molar-refractivity contribution is -0.139. The Morgan fingerprint density at radius 1 is 1.09 bits per heavy atom. The molecule has 0 aromatic heterocycles. The molecule has 4 rings (SSSR count). The zero-order valence-corrected chi connectivity index (χ0v) is 18.9. The molecule has 0 fully saturated rings. The van der Waals surface area contributed by atoms with Crippen molar-refractivity contribution in [1.29, 1.82) is 0 Å². The number of Topliss-reactive ketones (excluding diaryl/α,β-unsaturated/α-hetero) is 2. The molecule has 7 heteroatoms. The minimum atomic E-state index is -1.20. The Kier molecular flexibility index (Phi) is 5.97. The molecule has 0 radical (unpaired) electrons. The predicted molar refractivity (Wildman–Crippen MR) is 121 cm³/mol. The van der Waals surface area contributed by atoms with Crippen LogP contribution in [0.1, 0.15) is 50.2 Å². The van der Waals surface area contributed by atoms with E-state index in [1.165, 1.54) is 0 Å². The Morgan fingerprint density at radius 3 is 2.39 bits per heavy atom. The maximum atomic E-state index is 14.0. The summed E-state index contributed by atoms with van der Waals surface area (Å²) < 4.78 is 11.5. The molecule has 0 amide bonds. The smallest absolute Gasteiger partial charge is 0.310 e. The monoisotopic (exact) mass is 449 g/mol. The fraction of sp³-hybridized carbons (Fsp3) is 0.346. The fourth-order valence-corrected chi connectivity index (χ4v) is 4.79. The molecule has 0 saturated carbocycles. The van der Waals surface area contributed by atoms with E-state index in [9.17, 15) is 19.5 Å². The molecule has 1 aliphatic heterocycles. The van der Waals surface area contributed by atoms with Crippen molar-refractivity contribution in [3.05, 3.63) is 82.6 Å². The summed E-state index contributed by atoms with van der Waals surface area (Å²) in [6.07, 6.45) is 7.54. The van der Waals surface area contributed by atoms with Crippen LogP contribution in [0.3, 0.4) is 0 Å². The zero-order chi connectivity index (χ0) is 23.8. The van der Waals surface area contributed by atoms with Gasteiger partial charge in [-0.15, -0.1) is 0 Å². The minimum Gasteiger partial charge on any atom is -0.494 e. The van der Waals surface area contributed by atoms with Gasteiger partial charge in [-0.1, -0.05) is 37.3 Å². The Balaban J connectivity index is 1.83. The maximum Gasteiger partial charge on any atom is 0.310 e. The Labute approximate surface area is 192 Å². The van der Waals surface area contributed by atoms with E-state index in [1.807, 2.05) is 13.0 Å². The number of carbonyl (C=O) groups excluding carboxylic acids is 2. The fourth-order valence-electron chi connectivity index (χ4n) is 4.79. The number of aliphatic carboxylic acids is 1. The van der Waals surface area contributed by atoms with Gasteiger partial charge in [0.15, 0.2) is 11.5 Å². The number of carbonyl (C=O) groups is 3. The number of ether oxygens (including phenoxy) is 2. The van der Waals surface area contributed by atoms with Gasteiger partial charge in [0.25, 0.3) is 0 Å². The summed E-state index contributed by atoms with van der Waals surface area (Å²) in [6, 6.07) is 6.71. The molecule has 7 nitrogen and oxygen atoms in total. The van der Waals surface area contributed by atoms with Crippen LogP contribution in [0, 0.1) is 5.41 Å². The van der Waals surface area contributed by atoms with Crippen molar-refractivity contribution in [2.24, 2.45) is 5.41 Å². The summed E-state index contributed by atoms with van der Waals surface area (Å²) in [7, 11) is 0. The van der Waals surface area contributed by atoms with Gasteiger partial charge >= 0.3 is 5.97 Å². The van der Waals surface area contributed by atoms with Crippen LogP contribution < -0.4 is 5.32 Å². The van der Waals surface area contributed by atoms with E-state index in [0.29, 0.717) is 41.2 Å². The lowest BCUT2D eigenvalue weighted by atomic mass is 9.63. The van der Waals surface area contributed by atoms with Gasteiger partial charge in [-0.05, 0) is 49.1 Å². The summed E-state index contributed by atoms with van der Waals surface area (Å²) in [6.45, 7) is 6.17. The van der Waals surface area contributed by atoms with Crippen LogP contribution in [0.2, 0.25) is 0 Å². The van der Waals surface area contributed by atoms with Crippen LogP contribution in [0.15, 0.2) is 71.5 Å². The molecule has 0 bridgehead atoms. The Hall–Kier alpha value is -3.61. The zero-order valence-electron chi connectivity index (χ0n) is 18.9. The average Bonchev–Trinajstić information content (AvgIpc) is 3.18. The molecule has 1 aromatic carbocycles. The van der Waals surface area contributed by atoms with Crippen LogP contribution in [0.25, 0.3) is 0 Å². The van der Waals surface area contributed by atoms with Crippen molar-refractivity contribution in [3.8, 4) is 0 Å². The van der Waals surface area contributed by atoms with Crippen molar-refractivity contribution in [2.45, 2.75) is 39.0 Å². The topological polar surface area (TPSA) is 102 Å². The number of carboxylic acids is 1. The van der Waals surface area contributed by atoms with Crippen LogP contribution in [-0.4, -0.2) is 35.9 Å². The number of benzene rings is 1. The molecule has 3 unspecified atom stereocenters. The highest BCUT2D eigenvalue weighted by molar-refractivity contribution is 6.21. The van der Waals surface area contributed by atoms with Gasteiger partial charge in [-0.25, -0.2) is 0 Å². The van der Waals surface area contributed by atoms with Crippen LogP contribution >= 0.6 is 0 Å². The molecule has 3 aliphatic rings. The third-order valence-electron chi connectivity index (χ3n) is 6.35. The number of nitrogens with one attached hydrogen (secondary N) is 1. The minimum absolute atomic E-state index is 0.136. The first-order chi connectivity index (χ1) is 15.9. The van der Waals surface area contributed by atoms with E-state index < -0.39 is 29.0 Å². The lowest BCUT2D eigenvalue weighted by Gasteiger charge is -2.38. The number of hydrogen-bond acceptors (Lipinski definition) is 6. The van der Waals surface area contributed by atoms with Gasteiger partial charge in [0, 0.05) is 6.20 Å². The second-order valence-corrected chi connectivity index (χ2v) is 8.13. The van der Waals surface area contributed by atoms with Crippen molar-refractivity contribution >= 4 is 17.5 Å². The van der Waals surface area contributed by atoms with Crippen molar-refractivity contribution < 1.29 is 29.0 Å². The van der Waals surface area contributed by atoms with Gasteiger partial charge in [0.05, 0.1) is 24.8 Å². The number of ketones is 2. The predicted octanol–water partition coefficient (Wildman–Crippen LogP) is 3.71. The summed E-state index contributed by atoms with van der Waals surface area (Å²) in [5.74, 6) is -2.65. The molecular weight excluding hydrogens is 422 g/mol. The molecule has 1 heterocycles. The normalized spacial score (nSPS) is 24.4. The molecular formula is C26H27NO6. The van der Waals surface area contributed by atoms with Gasteiger partial charge in [0.2, 0.25) is 5.78 Å². The summed E-state index contributed by atoms with van der Waals surface area (Å²) in [5.41, 5.74) is 1.07. The van der Waals surface area contributed by atoms with E-state index in [0.717, 1.165) is 0 Å². The first kappa shape index (κ1) is 22.6. The number of allylic oxidation sites excluding steroid dienone is 4. The van der Waals surface area contributed by atoms with Crippen molar-refractivity contribution in [3.63, 3.8) is 0 Å². The second kappa shape index (κ2) is 8.73. The van der Waals surface area contributed by atoms with E-state index in [1.54, 1.807) is 56.5 Å². The molecule has 172 valence electrons. The number of carboxylic acid groups (broad SMARTS) is 1. The average molecular weight is 450 g/mol. The van der Waals surface area contributed by atoms with Crippen molar-refractivity contribution in [1.82, 2.24) is 5.32 Å². The largest absolute Gasteiger partial charge is 0.494 e. The van der Waals surface area contributed by atoms with E-state index in [-0.39, 0.29) is 18.1 Å². The first-order valence-electron chi connectivity index (χ1n) is 11.2. The first-order valence-corrected chi connectivity index (χ1v) is 11.2. The summed E-state index contributed by atoms with van der Waals surface area (Å²) in [4.78, 5) is 39.1. The highest BCUT2D eigenvalue weighted by Gasteiger charge is 2.58. The second-order valence-electron chi connectivity index (χ2n) is 8.13. The van der Waals surface area contributed by atoms with Crippen LogP contribution in [-0.2, 0) is 23.9 Å². The van der Waals surface area contributed by atoms with E-state index >= 15 is 0 Å². The molecule has 2 N–H and O–H groups in total. The molecule has 33 heavy (non-hydrogen) atoms. The van der Waals surface area contributed by atoms with Gasteiger partial charge in [-0.3, -0.25) is 14.4 Å². The van der Waals surface area contributed by atoms with Gasteiger partial charge in [0.1, 0.15) is 17.1 Å². The quantitative estimate of drug-likeness (QED) is 0.583. The number of rotatable bonds is 8. The van der Waals surface area contributed by atoms with Crippen molar-refractivity contribution in [2.75, 3.05) is 13.2 Å². The van der Waals surface area contributed by atoms with Gasteiger partial charge < -0.3 is 19.9 Å². The molecule has 2 aliphatic carbocycles. The SMILES string of the molecule is CCOC1=CC23C(=O)C(c4ccc(C(CC)C(=O)O)cc4)C(=O)C(OCC)=C2NC=C3C=C1. The Bertz CT molecular complexity index is 1120. The molecule has 1 spiro atoms. The summed E-state index contributed by atoms with van der Waals surface area (Å²) >= 11 is 0. The van der Waals surface area contributed by atoms with Crippen LogP contribution in [0.4, 0.5) is 0 Å². The molecule has 1 aromatic rings. The summed E-state index contributed by atoms with van der Waals surface area (Å²) in [5, 5.41) is 12.6. The standard InChI is InChI=1S/C26H27NO6/c1-4-19(25(30)31)15-7-9-16(10-8-15)20-21(28)22(33-6-3)23-26(24(20)29)13-18(32-5-2)12-11-17(26)14-27-23/h7-14,19-20,27H,4-6H2,1-3H3,(H,30,31). The third kappa shape index (κ3) is 3.48. The number of hydrogen-bond donors (Lipinski definition) is 2. The highest BCUT2D eigenvalue weighted by atomic mass is 16.5. The third-order valence-corrected chi connectivity index (χ3v) is 6.35.